The van der Waals surface area contributed by atoms with E-state index in [9.17, 15) is 4.79 Å². The van der Waals surface area contributed by atoms with E-state index >= 15 is 0 Å². The first-order chi connectivity index (χ1) is 9.69. The number of hydrogen-bond donors (Lipinski definition) is 1. The molecule has 0 radical (unpaired) electrons. The highest BCUT2D eigenvalue weighted by molar-refractivity contribution is 5.76. The van der Waals surface area contributed by atoms with Crippen LogP contribution in [-0.2, 0) is 14.3 Å². The molecule has 1 aliphatic carbocycles. The van der Waals surface area contributed by atoms with E-state index in [0.717, 1.165) is 58.5 Å². The van der Waals surface area contributed by atoms with E-state index in [1.165, 1.54) is 0 Å². The molecule has 2 aliphatic rings. The fourth-order valence-corrected chi connectivity index (χ4v) is 3.17. The third kappa shape index (κ3) is 3.93. The van der Waals surface area contributed by atoms with Gasteiger partial charge in [-0.3, -0.25) is 4.79 Å². The maximum absolute atomic E-state index is 11.9. The molecule has 0 aromatic heterocycles. The average Bonchev–Trinajstić information content (AvgIpc) is 2.91. The minimum absolute atomic E-state index is 0.247. The molecule has 5 heteroatoms. The predicted molar refractivity (Wildman–Crippen MR) is 77.4 cm³/mol. The molecule has 116 valence electrons. The lowest BCUT2D eigenvalue weighted by atomic mass is 9.90. The Hall–Kier alpha value is -0.650. The highest BCUT2D eigenvalue weighted by Crippen LogP contribution is 2.35. The Morgan fingerprint density at radius 2 is 1.80 bits per heavy atom. The van der Waals surface area contributed by atoms with Gasteiger partial charge >= 0.3 is 0 Å². The Labute approximate surface area is 122 Å². The number of ether oxygens (including phenoxy) is 2. The van der Waals surface area contributed by atoms with E-state index in [-0.39, 0.29) is 11.7 Å². The summed E-state index contributed by atoms with van der Waals surface area (Å²) >= 11 is 0. The molecule has 1 aliphatic heterocycles. The molecule has 1 N–H and O–H groups in total. The molecule has 1 heterocycles. The maximum atomic E-state index is 11.9. The Morgan fingerprint density at radius 1 is 1.20 bits per heavy atom. The summed E-state index contributed by atoms with van der Waals surface area (Å²) in [4.78, 5) is 13.8. The first kappa shape index (κ1) is 15.7. The summed E-state index contributed by atoms with van der Waals surface area (Å²) < 4.78 is 11.4. The highest BCUT2D eigenvalue weighted by Gasteiger charge is 2.40. The van der Waals surface area contributed by atoms with Crippen LogP contribution >= 0.6 is 0 Å². The summed E-state index contributed by atoms with van der Waals surface area (Å²) in [6.07, 6.45) is 4.67. The normalized spacial score (nSPS) is 22.3. The van der Waals surface area contributed by atoms with Crippen molar-refractivity contribution in [2.24, 2.45) is 0 Å². The van der Waals surface area contributed by atoms with E-state index in [1.54, 1.807) is 0 Å². The maximum Gasteiger partial charge on any atom is 0.223 e. The van der Waals surface area contributed by atoms with Crippen LogP contribution in [0, 0.1) is 0 Å². The van der Waals surface area contributed by atoms with E-state index in [1.807, 2.05) is 18.7 Å². The molecule has 0 atom stereocenters. The number of carbonyl (C=O) groups is 1. The van der Waals surface area contributed by atoms with Crippen molar-refractivity contribution >= 4 is 5.91 Å². The van der Waals surface area contributed by atoms with Crippen LogP contribution in [0.25, 0.3) is 0 Å². The van der Waals surface area contributed by atoms with Gasteiger partial charge in [-0.25, -0.2) is 0 Å². The molecule has 2 fully saturated rings. The van der Waals surface area contributed by atoms with E-state index in [4.69, 9.17) is 9.47 Å². The van der Waals surface area contributed by atoms with Gasteiger partial charge in [0.15, 0.2) is 5.79 Å². The lowest BCUT2D eigenvalue weighted by Crippen LogP contribution is -2.43. The number of amides is 1. The van der Waals surface area contributed by atoms with Crippen LogP contribution in [0.15, 0.2) is 0 Å². The zero-order valence-corrected chi connectivity index (χ0v) is 12.8. The predicted octanol–water partition coefficient (Wildman–Crippen LogP) is 1.52. The molecule has 0 bridgehead atoms. The number of rotatable bonds is 6. The smallest absolute Gasteiger partial charge is 0.223 e. The summed E-state index contributed by atoms with van der Waals surface area (Å²) in [5.74, 6) is -0.0351. The Bertz CT molecular complexity index is 302. The Balaban J connectivity index is 1.62. The second kappa shape index (κ2) is 7.38. The van der Waals surface area contributed by atoms with Crippen molar-refractivity contribution in [1.29, 1.82) is 0 Å². The van der Waals surface area contributed by atoms with Gasteiger partial charge in [-0.05, 0) is 26.7 Å². The highest BCUT2D eigenvalue weighted by atomic mass is 16.7. The third-order valence-electron chi connectivity index (χ3n) is 4.45. The Kier molecular flexibility index (Phi) is 5.81. The van der Waals surface area contributed by atoms with Crippen molar-refractivity contribution < 1.29 is 14.3 Å². The first-order valence-corrected chi connectivity index (χ1v) is 7.98. The van der Waals surface area contributed by atoms with Gasteiger partial charge in [0.2, 0.25) is 5.91 Å². The molecular weight excluding hydrogens is 256 g/mol. The largest absolute Gasteiger partial charge is 0.348 e. The topological polar surface area (TPSA) is 50.8 Å². The van der Waals surface area contributed by atoms with Crippen LogP contribution in [0.3, 0.4) is 0 Å². The van der Waals surface area contributed by atoms with Crippen LogP contribution in [0.2, 0.25) is 0 Å². The molecule has 0 unspecified atom stereocenters. The molecule has 20 heavy (non-hydrogen) atoms. The quantitative estimate of drug-likeness (QED) is 0.803. The Morgan fingerprint density at radius 3 is 2.35 bits per heavy atom. The summed E-state index contributed by atoms with van der Waals surface area (Å²) in [7, 11) is 0. The minimum atomic E-state index is -0.283. The van der Waals surface area contributed by atoms with Gasteiger partial charge in [0.05, 0.1) is 13.2 Å². The van der Waals surface area contributed by atoms with Crippen LogP contribution in [0.1, 0.15) is 46.0 Å². The molecule has 1 saturated heterocycles. The van der Waals surface area contributed by atoms with Gasteiger partial charge in [-0.1, -0.05) is 0 Å². The number of carbonyl (C=O) groups excluding carboxylic acids is 1. The van der Waals surface area contributed by atoms with Gasteiger partial charge in [0.1, 0.15) is 0 Å². The standard InChI is InChI=1S/C15H28N2O3/c1-3-17(4-2)14(18)7-10-16-13-5-8-15(9-6-13)19-11-12-20-15/h13,16H,3-12H2,1-2H3. The summed E-state index contributed by atoms with van der Waals surface area (Å²) in [6, 6.07) is 0.498. The fourth-order valence-electron chi connectivity index (χ4n) is 3.17. The number of hydrogen-bond acceptors (Lipinski definition) is 4. The lowest BCUT2D eigenvalue weighted by Gasteiger charge is -2.35. The van der Waals surface area contributed by atoms with Crippen LogP contribution in [-0.4, -0.2) is 55.5 Å². The molecular formula is C15H28N2O3. The second-order valence-corrected chi connectivity index (χ2v) is 5.65. The summed E-state index contributed by atoms with van der Waals surface area (Å²) in [6.45, 7) is 7.89. The van der Waals surface area contributed by atoms with Gasteiger partial charge in [-0.2, -0.15) is 0 Å². The van der Waals surface area contributed by atoms with Gasteiger partial charge < -0.3 is 19.7 Å². The molecule has 1 spiro atoms. The van der Waals surface area contributed by atoms with Gasteiger partial charge in [-0.15, -0.1) is 0 Å². The van der Waals surface area contributed by atoms with Crippen LogP contribution in [0.5, 0.6) is 0 Å². The molecule has 0 aromatic rings. The molecule has 2 rings (SSSR count). The molecule has 1 amide bonds. The average molecular weight is 284 g/mol. The fraction of sp³-hybridized carbons (Fsp3) is 0.933. The number of nitrogens with one attached hydrogen (secondary N) is 1. The van der Waals surface area contributed by atoms with E-state index in [2.05, 4.69) is 5.32 Å². The SMILES string of the molecule is CCN(CC)C(=O)CCNC1CCC2(CC1)OCCO2. The zero-order valence-electron chi connectivity index (χ0n) is 12.8. The summed E-state index contributed by atoms with van der Waals surface area (Å²) in [5, 5.41) is 3.50. The monoisotopic (exact) mass is 284 g/mol. The van der Waals surface area contributed by atoms with Gasteiger partial charge in [0, 0.05) is 44.9 Å². The van der Waals surface area contributed by atoms with Gasteiger partial charge in [0.25, 0.3) is 0 Å². The first-order valence-electron chi connectivity index (χ1n) is 7.98. The van der Waals surface area contributed by atoms with Crippen molar-refractivity contribution in [2.45, 2.75) is 57.8 Å². The van der Waals surface area contributed by atoms with E-state index < -0.39 is 0 Å². The lowest BCUT2D eigenvalue weighted by molar-refractivity contribution is -0.179. The second-order valence-electron chi connectivity index (χ2n) is 5.65. The molecule has 1 saturated carbocycles. The van der Waals surface area contributed by atoms with Crippen molar-refractivity contribution in [3.8, 4) is 0 Å². The third-order valence-corrected chi connectivity index (χ3v) is 4.45. The zero-order chi connectivity index (χ0) is 14.4. The van der Waals surface area contributed by atoms with Crippen LogP contribution in [0.4, 0.5) is 0 Å². The van der Waals surface area contributed by atoms with Crippen molar-refractivity contribution in [3.05, 3.63) is 0 Å². The molecule has 0 aromatic carbocycles. The van der Waals surface area contributed by atoms with Crippen LogP contribution < -0.4 is 5.32 Å². The van der Waals surface area contributed by atoms with E-state index in [0.29, 0.717) is 12.5 Å². The van der Waals surface area contributed by atoms with Crippen molar-refractivity contribution in [2.75, 3.05) is 32.8 Å². The van der Waals surface area contributed by atoms with Crippen molar-refractivity contribution in [1.82, 2.24) is 10.2 Å². The number of nitrogens with zero attached hydrogens (tertiary/aromatic N) is 1. The molecule has 5 nitrogen and oxygen atoms in total. The minimum Gasteiger partial charge on any atom is -0.348 e. The van der Waals surface area contributed by atoms with Crippen molar-refractivity contribution in [3.63, 3.8) is 0 Å². The summed E-state index contributed by atoms with van der Waals surface area (Å²) in [5.41, 5.74) is 0.